The van der Waals surface area contributed by atoms with Crippen molar-refractivity contribution in [1.29, 1.82) is 0 Å². The van der Waals surface area contributed by atoms with E-state index in [1.165, 1.54) is 0 Å². The van der Waals surface area contributed by atoms with Crippen molar-refractivity contribution in [3.8, 4) is 28.3 Å². The molecule has 0 saturated carbocycles. The molecule has 1 aliphatic heterocycles. The zero-order chi connectivity index (χ0) is 35.8. The first-order chi connectivity index (χ1) is 25.3. The molecule has 52 heavy (non-hydrogen) atoms. The van der Waals surface area contributed by atoms with Gasteiger partial charge in [-0.25, -0.2) is 24.7 Å². The van der Waals surface area contributed by atoms with Gasteiger partial charge in [0.2, 0.25) is 11.9 Å². The molecule has 2 unspecified atom stereocenters. The second kappa shape index (κ2) is 13.7. The molecule has 4 N–H and O–H groups in total. The summed E-state index contributed by atoms with van der Waals surface area (Å²) in [7, 11) is 2.10. The van der Waals surface area contributed by atoms with Crippen molar-refractivity contribution < 1.29 is 4.79 Å². The summed E-state index contributed by atoms with van der Waals surface area (Å²) in [6, 6.07) is 31.8. The van der Waals surface area contributed by atoms with Crippen LogP contribution in [0.2, 0.25) is 0 Å². The van der Waals surface area contributed by atoms with Gasteiger partial charge in [-0.15, -0.1) is 0 Å². The van der Waals surface area contributed by atoms with Crippen molar-refractivity contribution in [2.24, 2.45) is 0 Å². The van der Waals surface area contributed by atoms with Gasteiger partial charge in [-0.2, -0.15) is 4.98 Å². The number of carbonyl (C=O) groups excluding carboxylic acids is 1. The quantitative estimate of drug-likeness (QED) is 0.168. The van der Waals surface area contributed by atoms with Gasteiger partial charge in [0.1, 0.15) is 12.1 Å². The Balaban J connectivity index is 1.08. The largest absolute Gasteiger partial charge is 0.368 e. The number of carbonyl (C=O) groups is 1. The number of amides is 2. The summed E-state index contributed by atoms with van der Waals surface area (Å²) < 4.78 is 1.97. The Hall–Kier alpha value is -6.40. The molecule has 12 nitrogen and oxygen atoms in total. The second-order valence-corrected chi connectivity index (χ2v) is 13.3. The first kappa shape index (κ1) is 32.8. The van der Waals surface area contributed by atoms with Gasteiger partial charge >= 0.3 is 6.03 Å². The van der Waals surface area contributed by atoms with Gasteiger partial charge in [0.05, 0.1) is 28.1 Å². The van der Waals surface area contributed by atoms with E-state index >= 15 is 0 Å². The summed E-state index contributed by atoms with van der Waals surface area (Å²) in [4.78, 5) is 40.9. The molecule has 4 heterocycles. The van der Waals surface area contributed by atoms with Gasteiger partial charge < -0.3 is 21.3 Å². The lowest BCUT2D eigenvalue weighted by molar-refractivity contribution is 0.108. The number of benzene rings is 4. The molecule has 1 fully saturated rings. The minimum Gasteiger partial charge on any atom is -0.368 e. The van der Waals surface area contributed by atoms with Crippen molar-refractivity contribution in [2.75, 3.05) is 43.0 Å². The third kappa shape index (κ3) is 6.47. The average molecular weight is 690 g/mol. The predicted octanol–water partition coefficient (Wildman–Crippen LogP) is 6.63. The summed E-state index contributed by atoms with van der Waals surface area (Å²) >= 11 is 0. The number of hydrogen-bond acceptors (Lipinski definition) is 9. The lowest BCUT2D eigenvalue weighted by Crippen LogP contribution is -2.59. The van der Waals surface area contributed by atoms with Crippen molar-refractivity contribution in [1.82, 2.24) is 39.3 Å². The number of aromatic nitrogens is 6. The normalized spacial score (nSPS) is 15.5. The monoisotopic (exact) mass is 689 g/mol. The zero-order valence-corrected chi connectivity index (χ0v) is 29.2. The summed E-state index contributed by atoms with van der Waals surface area (Å²) in [5, 5.41) is 8.88. The highest BCUT2D eigenvalue weighted by Crippen LogP contribution is 2.29. The van der Waals surface area contributed by atoms with Gasteiger partial charge in [0.25, 0.3) is 0 Å². The zero-order valence-electron chi connectivity index (χ0n) is 29.2. The Morgan fingerprint density at radius 2 is 1.71 bits per heavy atom. The number of nitrogens with two attached hydrogens (primary N) is 1. The van der Waals surface area contributed by atoms with Crippen LogP contribution in [0.1, 0.15) is 12.5 Å². The molecule has 2 amide bonds. The Morgan fingerprint density at radius 1 is 0.885 bits per heavy atom. The highest BCUT2D eigenvalue weighted by molar-refractivity contribution is 6.01. The van der Waals surface area contributed by atoms with Crippen LogP contribution in [0.5, 0.6) is 0 Å². The number of likely N-dealkylation sites (N-methyl/N-ethyl adjacent to an activating group) is 1. The first-order valence-corrected chi connectivity index (χ1v) is 17.3. The number of fused-ring (bicyclic) bond motifs is 2. The van der Waals surface area contributed by atoms with Crippen LogP contribution in [0.4, 0.5) is 22.4 Å². The smallest absolute Gasteiger partial charge is 0.321 e. The van der Waals surface area contributed by atoms with Gasteiger partial charge in [-0.05, 0) is 56.1 Å². The van der Waals surface area contributed by atoms with Crippen LogP contribution in [-0.2, 0) is 0 Å². The van der Waals surface area contributed by atoms with E-state index in [-0.39, 0.29) is 24.1 Å². The molecular formula is C40H39N11O. The number of piperazine rings is 1. The fourth-order valence-corrected chi connectivity index (χ4v) is 6.96. The predicted molar refractivity (Wildman–Crippen MR) is 206 cm³/mol. The van der Waals surface area contributed by atoms with Crippen molar-refractivity contribution in [3.05, 3.63) is 115 Å². The van der Waals surface area contributed by atoms with Crippen molar-refractivity contribution in [2.45, 2.75) is 25.9 Å². The van der Waals surface area contributed by atoms with E-state index < -0.39 is 0 Å². The summed E-state index contributed by atoms with van der Waals surface area (Å²) in [5.74, 6) is 1.39. The molecule has 1 saturated heterocycles. The van der Waals surface area contributed by atoms with E-state index in [0.29, 0.717) is 24.9 Å². The molecule has 0 spiro atoms. The van der Waals surface area contributed by atoms with Crippen LogP contribution in [0, 0.1) is 6.92 Å². The third-order valence-electron chi connectivity index (χ3n) is 9.85. The lowest BCUT2D eigenvalue weighted by Gasteiger charge is -2.42. The Labute approximate surface area is 301 Å². The lowest BCUT2D eigenvalue weighted by atomic mass is 10.0. The molecule has 7 aromatic rings. The number of nitrogen functional groups attached to an aromatic ring is 1. The first-order valence-electron chi connectivity index (χ1n) is 17.3. The molecular weight excluding hydrogens is 651 g/mol. The average Bonchev–Trinajstić information content (AvgIpc) is 3.59. The summed E-state index contributed by atoms with van der Waals surface area (Å²) in [6.45, 7) is 6.10. The SMILES string of the molecule is Cc1ccccc1-c1cc(-n2cnc3cc(-c4ccnc(N)n4)ccc32)nc(NC(C)C2CN(C(=O)Nc3cccc4ccccc34)CCN2C)n1. The van der Waals surface area contributed by atoms with Crippen LogP contribution in [-0.4, -0.2) is 84.1 Å². The van der Waals surface area contributed by atoms with Gasteiger partial charge in [0.15, 0.2) is 0 Å². The molecule has 260 valence electrons. The number of imidazole rings is 1. The number of nitrogens with zero attached hydrogens (tertiary/aromatic N) is 8. The number of aryl methyl sites for hydroxylation is 1. The van der Waals surface area contributed by atoms with Gasteiger partial charge in [-0.3, -0.25) is 9.47 Å². The molecule has 0 aliphatic carbocycles. The summed E-state index contributed by atoms with van der Waals surface area (Å²) in [5.41, 5.74) is 12.9. The number of rotatable bonds is 7. The third-order valence-corrected chi connectivity index (χ3v) is 9.85. The Bertz CT molecular complexity index is 2420. The van der Waals surface area contributed by atoms with E-state index in [0.717, 1.165) is 62.1 Å². The topological polar surface area (TPSA) is 143 Å². The Morgan fingerprint density at radius 3 is 2.58 bits per heavy atom. The number of hydrogen-bond donors (Lipinski definition) is 3. The van der Waals surface area contributed by atoms with Crippen LogP contribution in [0.15, 0.2) is 110 Å². The van der Waals surface area contributed by atoms with E-state index in [4.69, 9.17) is 20.7 Å². The van der Waals surface area contributed by atoms with E-state index in [1.807, 2.05) is 82.3 Å². The van der Waals surface area contributed by atoms with Crippen LogP contribution in [0.25, 0.3) is 50.1 Å². The van der Waals surface area contributed by atoms with Crippen LogP contribution >= 0.6 is 0 Å². The fraction of sp³-hybridized carbons (Fsp3) is 0.200. The minimum absolute atomic E-state index is 0.00418. The highest BCUT2D eigenvalue weighted by Gasteiger charge is 2.32. The number of anilines is 3. The summed E-state index contributed by atoms with van der Waals surface area (Å²) in [6.07, 6.45) is 3.43. The standard InChI is InChI=1S/C40H39N11O/c1-25-9-4-6-12-29(25)33-22-37(51-24-43-34-21-28(15-16-35(34)51)31-17-18-42-38(41)45-31)48-39(46-33)44-26(2)36-23-50(20-19-49(36)3)40(52)47-32-14-8-11-27-10-5-7-13-30(27)32/h4-18,21-22,24,26,36H,19-20,23H2,1-3H3,(H,47,52)(H2,41,42,45)(H,44,46,48). The van der Waals surface area contributed by atoms with E-state index in [2.05, 4.69) is 70.7 Å². The molecule has 2 atom stereocenters. The fourth-order valence-electron chi connectivity index (χ4n) is 6.96. The molecule has 0 radical (unpaired) electrons. The van der Waals surface area contributed by atoms with E-state index in [1.54, 1.807) is 12.5 Å². The number of urea groups is 1. The molecule has 0 bridgehead atoms. The maximum absolute atomic E-state index is 13.6. The van der Waals surface area contributed by atoms with Crippen LogP contribution < -0.4 is 16.4 Å². The molecule has 4 aromatic carbocycles. The van der Waals surface area contributed by atoms with Crippen molar-refractivity contribution >= 4 is 45.4 Å². The maximum Gasteiger partial charge on any atom is 0.321 e. The second-order valence-electron chi connectivity index (χ2n) is 13.3. The van der Waals surface area contributed by atoms with Gasteiger partial charge in [0, 0.05) is 60.5 Å². The minimum atomic E-state index is -0.111. The molecule has 1 aliphatic rings. The van der Waals surface area contributed by atoms with Crippen molar-refractivity contribution in [3.63, 3.8) is 0 Å². The van der Waals surface area contributed by atoms with Crippen LogP contribution in [0.3, 0.4) is 0 Å². The van der Waals surface area contributed by atoms with Gasteiger partial charge in [-0.1, -0.05) is 66.7 Å². The highest BCUT2D eigenvalue weighted by atomic mass is 16.2. The van der Waals surface area contributed by atoms with E-state index in [9.17, 15) is 4.79 Å². The molecule has 8 rings (SSSR count). The maximum atomic E-state index is 13.6. The number of nitrogens with one attached hydrogen (secondary N) is 2. The molecule has 12 heteroatoms. The molecule has 3 aromatic heterocycles. The Kier molecular flexibility index (Phi) is 8.65.